The lowest BCUT2D eigenvalue weighted by atomic mass is 10.0. The Hall–Kier alpha value is -1.42. The van der Waals surface area contributed by atoms with E-state index in [2.05, 4.69) is 25.9 Å². The van der Waals surface area contributed by atoms with E-state index in [0.29, 0.717) is 12.2 Å². The molecular weight excluding hydrogens is 304 g/mol. The fraction of sp³-hybridized carbons (Fsp3) is 0.333. The van der Waals surface area contributed by atoms with Crippen LogP contribution in [0, 0.1) is 6.92 Å². The molecule has 1 aromatic heterocycles. The number of nitrogens with one attached hydrogen (secondary N) is 1. The second kappa shape index (κ2) is 5.70. The van der Waals surface area contributed by atoms with Gasteiger partial charge in [0.15, 0.2) is 0 Å². The minimum atomic E-state index is -0.0236. The molecule has 0 saturated heterocycles. The topological polar surface area (TPSA) is 45.8 Å². The Morgan fingerprint density at radius 2 is 2.00 bits per heavy atom. The molecule has 0 unspecified atom stereocenters. The van der Waals surface area contributed by atoms with Crippen LogP contribution in [0.4, 0.5) is 0 Å². The molecule has 2 aromatic rings. The van der Waals surface area contributed by atoms with Gasteiger partial charge in [0.2, 0.25) is 0 Å². The fourth-order valence-corrected chi connectivity index (χ4v) is 2.66. The average molecular weight is 321 g/mol. The molecule has 0 saturated carbocycles. The lowest BCUT2D eigenvalue weighted by Crippen LogP contribution is -2.20. The van der Waals surface area contributed by atoms with Crippen molar-refractivity contribution in [2.75, 3.05) is 0 Å². The van der Waals surface area contributed by atoms with Crippen LogP contribution in [0.2, 0.25) is 0 Å². The number of benzene rings is 1. The lowest BCUT2D eigenvalue weighted by molar-refractivity contribution is 0.791. The van der Waals surface area contributed by atoms with Crippen molar-refractivity contribution in [2.24, 2.45) is 0 Å². The van der Waals surface area contributed by atoms with E-state index < -0.39 is 0 Å². The highest BCUT2D eigenvalue weighted by atomic mass is 79.9. The SMILES string of the molecule is Cc1nc(Cc2ccccc2Br)[nH]c(=O)c1C(C)C. The highest BCUT2D eigenvalue weighted by molar-refractivity contribution is 9.10. The first-order valence-corrected chi connectivity index (χ1v) is 7.11. The summed E-state index contributed by atoms with van der Waals surface area (Å²) >= 11 is 3.51. The number of halogens is 1. The number of nitrogens with zero attached hydrogens (tertiary/aromatic N) is 1. The second-order valence-corrected chi connectivity index (χ2v) is 5.79. The first-order valence-electron chi connectivity index (χ1n) is 6.32. The van der Waals surface area contributed by atoms with E-state index in [0.717, 1.165) is 21.3 Å². The van der Waals surface area contributed by atoms with Gasteiger partial charge in [0.05, 0.1) is 0 Å². The minimum absolute atomic E-state index is 0.0236. The molecule has 0 aliphatic rings. The van der Waals surface area contributed by atoms with Gasteiger partial charge in [-0.25, -0.2) is 4.98 Å². The second-order valence-electron chi connectivity index (χ2n) is 4.93. The van der Waals surface area contributed by atoms with Gasteiger partial charge in [-0.15, -0.1) is 0 Å². The van der Waals surface area contributed by atoms with E-state index in [1.54, 1.807) is 0 Å². The van der Waals surface area contributed by atoms with Crippen molar-refractivity contribution in [3.63, 3.8) is 0 Å². The minimum Gasteiger partial charge on any atom is -0.310 e. The number of H-pyrrole nitrogens is 1. The van der Waals surface area contributed by atoms with Crippen LogP contribution in [-0.2, 0) is 6.42 Å². The molecule has 100 valence electrons. The molecule has 0 aliphatic carbocycles. The number of aromatic nitrogens is 2. The van der Waals surface area contributed by atoms with Gasteiger partial charge in [0, 0.05) is 22.2 Å². The summed E-state index contributed by atoms with van der Waals surface area (Å²) in [7, 11) is 0. The van der Waals surface area contributed by atoms with Crippen LogP contribution in [0.15, 0.2) is 33.5 Å². The Kier molecular flexibility index (Phi) is 4.20. The van der Waals surface area contributed by atoms with Gasteiger partial charge in [0.1, 0.15) is 5.82 Å². The maximum atomic E-state index is 12.1. The Morgan fingerprint density at radius 3 is 2.58 bits per heavy atom. The highest BCUT2D eigenvalue weighted by Crippen LogP contribution is 2.19. The lowest BCUT2D eigenvalue weighted by Gasteiger charge is -2.10. The predicted molar refractivity (Wildman–Crippen MR) is 80.6 cm³/mol. The van der Waals surface area contributed by atoms with E-state index in [1.165, 1.54) is 0 Å². The standard InChI is InChI=1S/C15H17BrN2O/c1-9(2)14-10(3)17-13(18-15(14)19)8-11-6-4-5-7-12(11)16/h4-7,9H,8H2,1-3H3,(H,17,18,19). The van der Waals surface area contributed by atoms with Crippen LogP contribution in [-0.4, -0.2) is 9.97 Å². The third kappa shape index (κ3) is 3.13. The molecule has 1 N–H and O–H groups in total. The van der Waals surface area contributed by atoms with Crippen LogP contribution in [0.1, 0.15) is 42.4 Å². The van der Waals surface area contributed by atoms with Gasteiger partial charge in [-0.05, 0) is 24.5 Å². The summed E-state index contributed by atoms with van der Waals surface area (Å²) in [5.74, 6) is 0.896. The smallest absolute Gasteiger partial charge is 0.254 e. The van der Waals surface area contributed by atoms with Crippen LogP contribution in [0.25, 0.3) is 0 Å². The molecule has 0 fully saturated rings. The van der Waals surface area contributed by atoms with Gasteiger partial charge < -0.3 is 4.98 Å². The van der Waals surface area contributed by atoms with Crippen LogP contribution < -0.4 is 5.56 Å². The Morgan fingerprint density at radius 1 is 1.32 bits per heavy atom. The third-order valence-corrected chi connectivity index (χ3v) is 3.86. The first kappa shape index (κ1) is 14.0. The summed E-state index contributed by atoms with van der Waals surface area (Å²) in [4.78, 5) is 19.5. The maximum absolute atomic E-state index is 12.1. The van der Waals surface area contributed by atoms with Crippen LogP contribution >= 0.6 is 15.9 Å². The maximum Gasteiger partial charge on any atom is 0.254 e. The van der Waals surface area contributed by atoms with Crippen molar-refractivity contribution in [2.45, 2.75) is 33.1 Å². The van der Waals surface area contributed by atoms with Gasteiger partial charge in [-0.3, -0.25) is 4.79 Å². The molecule has 0 amide bonds. The van der Waals surface area contributed by atoms with Crippen molar-refractivity contribution >= 4 is 15.9 Å². The normalized spacial score (nSPS) is 11.0. The van der Waals surface area contributed by atoms with Crippen molar-refractivity contribution in [1.29, 1.82) is 0 Å². The summed E-state index contributed by atoms with van der Waals surface area (Å²) in [6.45, 7) is 5.91. The molecule has 1 aromatic carbocycles. The molecule has 19 heavy (non-hydrogen) atoms. The molecule has 0 aliphatic heterocycles. The first-order chi connectivity index (χ1) is 8.99. The van der Waals surface area contributed by atoms with Crippen LogP contribution in [0.5, 0.6) is 0 Å². The molecule has 0 atom stereocenters. The zero-order valence-corrected chi connectivity index (χ0v) is 12.9. The molecule has 4 heteroatoms. The number of rotatable bonds is 3. The molecule has 0 spiro atoms. The van der Waals surface area contributed by atoms with E-state index in [9.17, 15) is 4.79 Å². The van der Waals surface area contributed by atoms with Crippen molar-refractivity contribution in [1.82, 2.24) is 9.97 Å². The van der Waals surface area contributed by atoms with E-state index in [1.807, 2.05) is 45.0 Å². The van der Waals surface area contributed by atoms with Gasteiger partial charge in [-0.2, -0.15) is 0 Å². The van der Waals surface area contributed by atoms with Gasteiger partial charge in [-0.1, -0.05) is 48.0 Å². The molecule has 2 rings (SSSR count). The number of aromatic amines is 1. The Labute approximate surface area is 121 Å². The summed E-state index contributed by atoms with van der Waals surface area (Å²) in [6.07, 6.45) is 0.621. The fourth-order valence-electron chi connectivity index (χ4n) is 2.24. The van der Waals surface area contributed by atoms with Gasteiger partial charge in [0.25, 0.3) is 5.56 Å². The quantitative estimate of drug-likeness (QED) is 0.939. The summed E-state index contributed by atoms with van der Waals surface area (Å²) < 4.78 is 1.03. The third-order valence-electron chi connectivity index (χ3n) is 3.09. The largest absolute Gasteiger partial charge is 0.310 e. The summed E-state index contributed by atoms with van der Waals surface area (Å²) in [5.41, 5.74) is 2.68. The zero-order valence-electron chi connectivity index (χ0n) is 11.3. The van der Waals surface area contributed by atoms with Crippen LogP contribution in [0.3, 0.4) is 0 Å². The van der Waals surface area contributed by atoms with Crippen molar-refractivity contribution in [3.8, 4) is 0 Å². The molecular formula is C15H17BrN2O. The monoisotopic (exact) mass is 320 g/mol. The molecule has 0 radical (unpaired) electrons. The summed E-state index contributed by atoms with van der Waals surface area (Å²) in [6, 6.07) is 7.96. The number of hydrogen-bond acceptors (Lipinski definition) is 2. The molecule has 1 heterocycles. The van der Waals surface area contributed by atoms with Gasteiger partial charge >= 0.3 is 0 Å². The molecule has 3 nitrogen and oxygen atoms in total. The average Bonchev–Trinajstić information content (AvgIpc) is 2.30. The molecule has 0 bridgehead atoms. The highest BCUT2D eigenvalue weighted by Gasteiger charge is 2.12. The van der Waals surface area contributed by atoms with E-state index in [-0.39, 0.29) is 11.5 Å². The zero-order chi connectivity index (χ0) is 14.0. The Bertz CT molecular complexity index is 647. The van der Waals surface area contributed by atoms with Crippen molar-refractivity contribution in [3.05, 3.63) is 61.7 Å². The van der Waals surface area contributed by atoms with E-state index in [4.69, 9.17) is 0 Å². The Balaban J connectivity index is 2.38. The number of hydrogen-bond donors (Lipinski definition) is 1. The summed E-state index contributed by atoms with van der Waals surface area (Å²) in [5, 5.41) is 0. The van der Waals surface area contributed by atoms with Crippen molar-refractivity contribution < 1.29 is 0 Å². The predicted octanol–water partition coefficient (Wildman–Crippen LogP) is 3.56. The number of aryl methyl sites for hydroxylation is 1. The van der Waals surface area contributed by atoms with E-state index >= 15 is 0 Å².